The van der Waals surface area contributed by atoms with Gasteiger partial charge in [-0.3, -0.25) is 4.90 Å². The van der Waals surface area contributed by atoms with Crippen LogP contribution in [0.3, 0.4) is 0 Å². The number of fused-ring (bicyclic) bond motifs is 5. The van der Waals surface area contributed by atoms with Crippen LogP contribution in [0.25, 0.3) is 10.9 Å². The summed E-state index contributed by atoms with van der Waals surface area (Å²) in [7, 11) is 2.18. The zero-order chi connectivity index (χ0) is 16.2. The van der Waals surface area contributed by atoms with Crippen LogP contribution >= 0.6 is 0 Å². The molecule has 0 radical (unpaired) electrons. The van der Waals surface area contributed by atoms with Gasteiger partial charge in [0.2, 0.25) is 0 Å². The number of aliphatic hydroxyl groups excluding tert-OH is 1. The molecule has 4 heteroatoms. The average molecular weight is 322 g/mol. The number of hydrogen-bond donors (Lipinski definition) is 1. The zero-order valence-corrected chi connectivity index (χ0v) is 14.0. The molecule has 6 heterocycles. The van der Waals surface area contributed by atoms with Crippen LogP contribution in [0.2, 0.25) is 0 Å². The van der Waals surface area contributed by atoms with Crippen LogP contribution < -0.4 is 0 Å². The normalized spacial score (nSPS) is 43.6. The third-order valence-electron chi connectivity index (χ3n) is 7.05. The Morgan fingerprint density at radius 2 is 2.12 bits per heavy atom. The second-order valence-corrected chi connectivity index (χ2v) is 7.78. The number of para-hydroxylation sites is 1. The Labute approximate surface area is 141 Å². The van der Waals surface area contributed by atoms with Gasteiger partial charge in [-0.2, -0.15) is 0 Å². The van der Waals surface area contributed by atoms with E-state index in [-0.39, 0.29) is 12.0 Å². The van der Waals surface area contributed by atoms with Gasteiger partial charge in [-0.1, -0.05) is 29.8 Å². The highest BCUT2D eigenvalue weighted by atomic mass is 16.6. The van der Waals surface area contributed by atoms with Crippen LogP contribution in [0.5, 0.6) is 0 Å². The first-order valence-electron chi connectivity index (χ1n) is 9.02. The minimum absolute atomic E-state index is 0.00329. The van der Waals surface area contributed by atoms with E-state index in [1.54, 1.807) is 0 Å². The smallest absolute Gasteiger partial charge is 0.160 e. The van der Waals surface area contributed by atoms with Gasteiger partial charge in [0.05, 0.1) is 6.04 Å². The van der Waals surface area contributed by atoms with Gasteiger partial charge in [0.25, 0.3) is 0 Å². The molecule has 1 aromatic heterocycles. The van der Waals surface area contributed by atoms with E-state index in [2.05, 4.69) is 53.8 Å². The molecule has 1 aromatic carbocycles. The molecule has 4 bridgehead atoms. The molecule has 0 amide bonds. The summed E-state index contributed by atoms with van der Waals surface area (Å²) in [5.41, 5.74) is 5.51. The van der Waals surface area contributed by atoms with E-state index < -0.39 is 6.29 Å². The number of ether oxygens (including phenoxy) is 1. The van der Waals surface area contributed by atoms with Crippen molar-refractivity contribution in [2.75, 3.05) is 6.54 Å². The lowest BCUT2D eigenvalue weighted by Gasteiger charge is -2.57. The predicted octanol–water partition coefficient (Wildman–Crippen LogP) is 2.89. The van der Waals surface area contributed by atoms with E-state index in [4.69, 9.17) is 4.74 Å². The Bertz CT molecular complexity index is 898. The van der Waals surface area contributed by atoms with Crippen molar-refractivity contribution in [3.8, 4) is 0 Å². The Kier molecular flexibility index (Phi) is 2.45. The molecule has 24 heavy (non-hydrogen) atoms. The van der Waals surface area contributed by atoms with Crippen LogP contribution in [0.15, 0.2) is 35.9 Å². The number of piperidine rings is 3. The molecule has 7 rings (SSSR count). The van der Waals surface area contributed by atoms with Crippen molar-refractivity contribution >= 4 is 10.9 Å². The molecule has 0 spiro atoms. The highest BCUT2D eigenvalue weighted by Crippen LogP contribution is 2.62. The molecule has 7 atom stereocenters. The number of aliphatic hydroxyl groups is 1. The fourth-order valence-corrected chi connectivity index (χ4v) is 6.16. The van der Waals surface area contributed by atoms with Crippen molar-refractivity contribution in [2.45, 2.75) is 37.8 Å². The Morgan fingerprint density at radius 1 is 1.29 bits per heavy atom. The van der Waals surface area contributed by atoms with Crippen LogP contribution in [0.1, 0.15) is 36.7 Å². The molecule has 5 aliphatic rings. The first kappa shape index (κ1) is 13.6. The Balaban J connectivity index is 1.67. The van der Waals surface area contributed by atoms with Gasteiger partial charge < -0.3 is 14.4 Å². The van der Waals surface area contributed by atoms with Crippen LogP contribution in [0, 0.1) is 11.8 Å². The van der Waals surface area contributed by atoms with Gasteiger partial charge in [-0.15, -0.1) is 0 Å². The van der Waals surface area contributed by atoms with E-state index in [9.17, 15) is 5.11 Å². The van der Waals surface area contributed by atoms with E-state index in [1.165, 1.54) is 27.7 Å². The molecular weight excluding hydrogens is 300 g/mol. The second-order valence-electron chi connectivity index (χ2n) is 7.78. The van der Waals surface area contributed by atoms with Gasteiger partial charge in [0.1, 0.15) is 6.10 Å². The van der Waals surface area contributed by atoms with Crippen molar-refractivity contribution < 1.29 is 9.84 Å². The SMILES string of the molecule is C/C=C1/CN2[C@@H]3[C@H]4[C@H](O)O[C@@H]3c3c(n(C)c5ccccc35)[C@@H]2C[C@@H]14. The lowest BCUT2D eigenvalue weighted by atomic mass is 9.64. The minimum atomic E-state index is -0.645. The number of nitrogens with zero attached hydrogens (tertiary/aromatic N) is 2. The molecule has 0 saturated carbocycles. The van der Waals surface area contributed by atoms with Gasteiger partial charge in [0.15, 0.2) is 6.29 Å². The van der Waals surface area contributed by atoms with Crippen molar-refractivity contribution in [3.05, 3.63) is 47.2 Å². The third-order valence-corrected chi connectivity index (χ3v) is 7.05. The van der Waals surface area contributed by atoms with E-state index in [0.717, 1.165) is 13.0 Å². The van der Waals surface area contributed by atoms with Gasteiger partial charge >= 0.3 is 0 Å². The zero-order valence-electron chi connectivity index (χ0n) is 14.0. The molecular formula is C20H22N2O2. The Morgan fingerprint density at radius 3 is 2.96 bits per heavy atom. The quantitative estimate of drug-likeness (QED) is 0.758. The standard InChI is InChI=1S/C20H22N2O2/c1-3-10-9-22-14-8-12(10)16-18(22)19(24-20(16)23)15-11-6-4-5-7-13(11)21(2)17(14)15/h3-7,12,14,16,18-20,23H,8-9H2,1-2H3/b10-3-/t12-,14-,16-,18+,19+,20+/m0/s1. The van der Waals surface area contributed by atoms with Gasteiger partial charge in [-0.05, 0) is 25.3 Å². The Hall–Kier alpha value is -1.62. The molecule has 4 fully saturated rings. The summed E-state index contributed by atoms with van der Waals surface area (Å²) >= 11 is 0. The average Bonchev–Trinajstić information content (AvgIpc) is 3.12. The first-order valence-corrected chi connectivity index (χ1v) is 9.02. The molecule has 5 aliphatic heterocycles. The minimum Gasteiger partial charge on any atom is -0.368 e. The first-order chi connectivity index (χ1) is 11.7. The number of allylic oxidation sites excluding steroid dienone is 1. The third kappa shape index (κ3) is 1.35. The van der Waals surface area contributed by atoms with Gasteiger partial charge in [-0.25, -0.2) is 0 Å². The summed E-state index contributed by atoms with van der Waals surface area (Å²) < 4.78 is 8.56. The van der Waals surface area contributed by atoms with Crippen LogP contribution in [-0.2, 0) is 11.8 Å². The lowest BCUT2D eigenvalue weighted by molar-refractivity contribution is -0.115. The van der Waals surface area contributed by atoms with Crippen molar-refractivity contribution in [1.29, 1.82) is 0 Å². The monoisotopic (exact) mass is 322 g/mol. The van der Waals surface area contributed by atoms with Crippen molar-refractivity contribution in [1.82, 2.24) is 9.47 Å². The maximum Gasteiger partial charge on any atom is 0.160 e. The summed E-state index contributed by atoms with van der Waals surface area (Å²) in [6, 6.07) is 9.41. The maximum absolute atomic E-state index is 10.7. The molecule has 1 N–H and O–H groups in total. The molecule has 1 unspecified atom stereocenters. The molecule has 124 valence electrons. The fraction of sp³-hybridized carbons (Fsp3) is 0.500. The number of aromatic nitrogens is 1. The molecule has 4 nitrogen and oxygen atoms in total. The molecule has 4 saturated heterocycles. The summed E-state index contributed by atoms with van der Waals surface area (Å²) in [5.74, 6) is 0.680. The summed E-state index contributed by atoms with van der Waals surface area (Å²) in [6.07, 6.45) is 2.72. The van der Waals surface area contributed by atoms with Crippen LogP contribution in [-0.4, -0.2) is 33.5 Å². The molecule has 0 aliphatic carbocycles. The van der Waals surface area contributed by atoms with E-state index in [0.29, 0.717) is 18.0 Å². The highest BCUT2D eigenvalue weighted by molar-refractivity contribution is 5.86. The highest BCUT2D eigenvalue weighted by Gasteiger charge is 2.63. The number of hydrogen-bond acceptors (Lipinski definition) is 3. The van der Waals surface area contributed by atoms with Crippen molar-refractivity contribution in [2.24, 2.45) is 18.9 Å². The fourth-order valence-electron chi connectivity index (χ4n) is 6.16. The molecule has 2 aromatic rings. The van der Waals surface area contributed by atoms with E-state index >= 15 is 0 Å². The lowest BCUT2D eigenvalue weighted by Crippen LogP contribution is -2.60. The topological polar surface area (TPSA) is 37.6 Å². The predicted molar refractivity (Wildman–Crippen MR) is 91.3 cm³/mol. The second kappa shape index (κ2) is 4.31. The number of aryl methyl sites for hydroxylation is 1. The largest absolute Gasteiger partial charge is 0.368 e. The summed E-state index contributed by atoms with van der Waals surface area (Å²) in [6.45, 7) is 3.16. The number of benzene rings is 1. The van der Waals surface area contributed by atoms with E-state index in [1.807, 2.05) is 0 Å². The van der Waals surface area contributed by atoms with Crippen LogP contribution in [0.4, 0.5) is 0 Å². The maximum atomic E-state index is 10.7. The summed E-state index contributed by atoms with van der Waals surface area (Å²) in [5, 5.41) is 12.0. The van der Waals surface area contributed by atoms with Crippen molar-refractivity contribution in [3.63, 3.8) is 0 Å². The summed E-state index contributed by atoms with van der Waals surface area (Å²) in [4.78, 5) is 2.61. The van der Waals surface area contributed by atoms with Gasteiger partial charge in [0, 0.05) is 47.7 Å². The number of rotatable bonds is 0.